The van der Waals surface area contributed by atoms with Crippen molar-refractivity contribution in [2.75, 3.05) is 7.11 Å². The van der Waals surface area contributed by atoms with Crippen LogP contribution in [0.1, 0.15) is 26.5 Å². The first-order chi connectivity index (χ1) is 9.45. The number of hydrogen-bond acceptors (Lipinski definition) is 4. The normalized spacial score (nSPS) is 10.3. The lowest BCUT2D eigenvalue weighted by Gasteiger charge is -2.06. The van der Waals surface area contributed by atoms with Gasteiger partial charge in [-0.15, -0.1) is 0 Å². The van der Waals surface area contributed by atoms with E-state index in [4.69, 9.17) is 5.11 Å². The highest BCUT2D eigenvalue weighted by molar-refractivity contribution is 6.12. The predicted molar refractivity (Wildman–Crippen MR) is 61.9 cm³/mol. The zero-order valence-electron chi connectivity index (χ0n) is 10.1. The van der Waals surface area contributed by atoms with E-state index >= 15 is 0 Å². The summed E-state index contributed by atoms with van der Waals surface area (Å²) in [5.41, 5.74) is -1.99. The number of aromatic carboxylic acids is 1. The second-order valence-corrected chi connectivity index (χ2v) is 3.73. The van der Waals surface area contributed by atoms with E-state index in [1.807, 2.05) is 0 Å². The second-order valence-electron chi connectivity index (χ2n) is 3.73. The average Bonchev–Trinajstić information content (AvgIpc) is 2.86. The highest BCUT2D eigenvalue weighted by atomic mass is 19.1. The summed E-state index contributed by atoms with van der Waals surface area (Å²) in [6.07, 6.45) is 0.954. The number of ketones is 1. The number of rotatable bonds is 4. The highest BCUT2D eigenvalue weighted by Gasteiger charge is 2.26. The highest BCUT2D eigenvalue weighted by Crippen LogP contribution is 2.23. The van der Waals surface area contributed by atoms with Crippen LogP contribution < -0.4 is 4.74 Å². The molecule has 0 aliphatic rings. The standard InChI is InChI=1S/C12H8F2N2O4/c1-20-5-2-6(13)8(7(14)3-5)11(17)9-10(12(18)19)16-4-15-9/h2-4H,1H3,(H,15,16)(H,18,19). The Morgan fingerprint density at radius 3 is 2.40 bits per heavy atom. The van der Waals surface area contributed by atoms with Crippen LogP contribution in [0, 0.1) is 11.6 Å². The van der Waals surface area contributed by atoms with Gasteiger partial charge in [-0.3, -0.25) is 4.79 Å². The van der Waals surface area contributed by atoms with Gasteiger partial charge < -0.3 is 14.8 Å². The van der Waals surface area contributed by atoms with E-state index in [9.17, 15) is 18.4 Å². The lowest BCUT2D eigenvalue weighted by Crippen LogP contribution is -2.13. The van der Waals surface area contributed by atoms with Gasteiger partial charge in [-0.05, 0) is 0 Å². The van der Waals surface area contributed by atoms with E-state index < -0.39 is 40.3 Å². The maximum Gasteiger partial charge on any atom is 0.354 e. The SMILES string of the molecule is COc1cc(F)c(C(=O)c2nc[nH]c2C(=O)O)c(F)c1. The molecule has 6 nitrogen and oxygen atoms in total. The summed E-state index contributed by atoms with van der Waals surface area (Å²) in [5.74, 6) is -5.05. The average molecular weight is 282 g/mol. The maximum atomic E-state index is 13.7. The Balaban J connectivity index is 2.54. The summed E-state index contributed by atoms with van der Waals surface area (Å²) in [6, 6.07) is 1.65. The quantitative estimate of drug-likeness (QED) is 0.831. The van der Waals surface area contributed by atoms with Crippen molar-refractivity contribution in [3.05, 3.63) is 47.0 Å². The first-order valence-corrected chi connectivity index (χ1v) is 5.30. The molecule has 20 heavy (non-hydrogen) atoms. The van der Waals surface area contributed by atoms with Crippen LogP contribution in [-0.2, 0) is 0 Å². The molecule has 1 aromatic carbocycles. The number of carbonyl (C=O) groups excluding carboxylic acids is 1. The minimum Gasteiger partial charge on any atom is -0.497 e. The number of ether oxygens (including phenoxy) is 1. The van der Waals surface area contributed by atoms with Crippen LogP contribution in [-0.4, -0.2) is 33.9 Å². The molecule has 0 fully saturated rings. The molecule has 2 N–H and O–H groups in total. The molecule has 0 radical (unpaired) electrons. The number of nitrogens with one attached hydrogen (secondary N) is 1. The van der Waals surface area contributed by atoms with Gasteiger partial charge in [-0.2, -0.15) is 0 Å². The monoisotopic (exact) mass is 282 g/mol. The molecule has 0 amide bonds. The van der Waals surface area contributed by atoms with E-state index in [1.165, 1.54) is 7.11 Å². The summed E-state index contributed by atoms with van der Waals surface area (Å²) in [5, 5.41) is 8.84. The third kappa shape index (κ3) is 2.22. The Morgan fingerprint density at radius 1 is 1.30 bits per heavy atom. The predicted octanol–water partition coefficient (Wildman–Crippen LogP) is 1.63. The Morgan fingerprint density at radius 2 is 1.90 bits per heavy atom. The lowest BCUT2D eigenvalue weighted by molar-refractivity contribution is 0.0686. The minimum atomic E-state index is -1.46. The number of halogens is 2. The minimum absolute atomic E-state index is 0.1000. The Hall–Kier alpha value is -2.77. The van der Waals surface area contributed by atoms with Crippen molar-refractivity contribution in [3.63, 3.8) is 0 Å². The molecule has 8 heteroatoms. The fourth-order valence-electron chi connectivity index (χ4n) is 1.63. The van der Waals surface area contributed by atoms with Crippen LogP contribution >= 0.6 is 0 Å². The van der Waals surface area contributed by atoms with Gasteiger partial charge in [0.2, 0.25) is 5.78 Å². The number of imidazole rings is 1. The van der Waals surface area contributed by atoms with Crippen molar-refractivity contribution >= 4 is 11.8 Å². The first kappa shape index (κ1) is 13.7. The second kappa shape index (κ2) is 5.08. The molecule has 1 heterocycles. The fraction of sp³-hybridized carbons (Fsp3) is 0.0833. The Kier molecular flexibility index (Phi) is 3.47. The number of aromatic nitrogens is 2. The van der Waals surface area contributed by atoms with Gasteiger partial charge >= 0.3 is 5.97 Å². The van der Waals surface area contributed by atoms with Gasteiger partial charge in [0.05, 0.1) is 19.0 Å². The summed E-state index contributed by atoms with van der Waals surface area (Å²) in [7, 11) is 1.21. The third-order valence-electron chi connectivity index (χ3n) is 2.55. The Bertz CT molecular complexity index is 674. The molecule has 0 bridgehead atoms. The molecule has 0 unspecified atom stereocenters. The number of hydrogen-bond donors (Lipinski definition) is 2. The van der Waals surface area contributed by atoms with Gasteiger partial charge in [-0.25, -0.2) is 18.6 Å². The summed E-state index contributed by atoms with van der Waals surface area (Å²) in [6.45, 7) is 0. The molecule has 104 valence electrons. The number of benzene rings is 1. The molecular weight excluding hydrogens is 274 g/mol. The number of carbonyl (C=O) groups is 2. The summed E-state index contributed by atoms with van der Waals surface area (Å²) >= 11 is 0. The molecule has 0 spiro atoms. The summed E-state index contributed by atoms with van der Waals surface area (Å²) in [4.78, 5) is 28.6. The molecule has 0 saturated carbocycles. The van der Waals surface area contributed by atoms with Crippen molar-refractivity contribution in [1.82, 2.24) is 9.97 Å². The van der Waals surface area contributed by atoms with E-state index in [0.29, 0.717) is 0 Å². The summed E-state index contributed by atoms with van der Waals surface area (Å²) < 4.78 is 32.1. The van der Waals surface area contributed by atoms with Gasteiger partial charge in [-0.1, -0.05) is 0 Å². The van der Waals surface area contributed by atoms with Crippen LogP contribution in [0.15, 0.2) is 18.5 Å². The van der Waals surface area contributed by atoms with E-state index in [2.05, 4.69) is 14.7 Å². The van der Waals surface area contributed by atoms with Crippen LogP contribution in [0.3, 0.4) is 0 Å². The van der Waals surface area contributed by atoms with Crippen molar-refractivity contribution in [2.45, 2.75) is 0 Å². The number of nitrogens with zero attached hydrogens (tertiary/aromatic N) is 1. The van der Waals surface area contributed by atoms with E-state index in [-0.39, 0.29) is 5.75 Å². The van der Waals surface area contributed by atoms with E-state index in [1.54, 1.807) is 0 Å². The smallest absolute Gasteiger partial charge is 0.354 e. The largest absolute Gasteiger partial charge is 0.497 e. The molecule has 2 aromatic rings. The Labute approximate surface area is 111 Å². The van der Waals surface area contributed by atoms with Gasteiger partial charge in [0, 0.05) is 12.1 Å². The zero-order valence-corrected chi connectivity index (χ0v) is 10.1. The van der Waals surface area contributed by atoms with Crippen LogP contribution in [0.25, 0.3) is 0 Å². The van der Waals surface area contributed by atoms with Crippen LogP contribution in [0.4, 0.5) is 8.78 Å². The topological polar surface area (TPSA) is 92.3 Å². The molecule has 2 rings (SSSR count). The maximum absolute atomic E-state index is 13.7. The zero-order chi connectivity index (χ0) is 14.9. The van der Waals surface area contributed by atoms with Crippen molar-refractivity contribution in [3.8, 4) is 5.75 Å². The molecule has 1 aromatic heterocycles. The van der Waals surface area contributed by atoms with Gasteiger partial charge in [0.15, 0.2) is 5.69 Å². The first-order valence-electron chi connectivity index (χ1n) is 5.30. The number of aromatic amines is 1. The van der Waals surface area contributed by atoms with Crippen molar-refractivity contribution in [1.29, 1.82) is 0 Å². The van der Waals surface area contributed by atoms with E-state index in [0.717, 1.165) is 18.5 Å². The van der Waals surface area contributed by atoms with Gasteiger partial charge in [0.1, 0.15) is 23.1 Å². The number of carboxylic acids is 1. The molecular formula is C12H8F2N2O4. The molecule has 0 aliphatic carbocycles. The van der Waals surface area contributed by atoms with Crippen LogP contribution in [0.5, 0.6) is 5.75 Å². The van der Waals surface area contributed by atoms with Crippen molar-refractivity contribution < 1.29 is 28.2 Å². The number of methoxy groups -OCH3 is 1. The van der Waals surface area contributed by atoms with Crippen LogP contribution in [0.2, 0.25) is 0 Å². The molecule has 0 saturated heterocycles. The molecule has 0 atom stereocenters. The number of carboxylic acid groups (broad SMARTS) is 1. The lowest BCUT2D eigenvalue weighted by atomic mass is 10.1. The van der Waals surface area contributed by atoms with Gasteiger partial charge in [0.25, 0.3) is 0 Å². The molecule has 0 aliphatic heterocycles. The van der Waals surface area contributed by atoms with Crippen molar-refractivity contribution in [2.24, 2.45) is 0 Å². The fourth-order valence-corrected chi connectivity index (χ4v) is 1.63. The third-order valence-corrected chi connectivity index (χ3v) is 2.55. The number of H-pyrrole nitrogens is 1.